The van der Waals surface area contributed by atoms with Crippen molar-refractivity contribution in [3.8, 4) is 0 Å². The highest BCUT2D eigenvalue weighted by Gasteiger charge is 2.16. The zero-order valence-corrected chi connectivity index (χ0v) is 7.24. The van der Waals surface area contributed by atoms with E-state index in [9.17, 15) is 13.6 Å². The summed E-state index contributed by atoms with van der Waals surface area (Å²) < 4.78 is 24.8. The van der Waals surface area contributed by atoms with Crippen molar-refractivity contribution >= 4 is 5.91 Å². The molecule has 1 aromatic rings. The maximum atomic E-state index is 12.0. The maximum absolute atomic E-state index is 12.0. The summed E-state index contributed by atoms with van der Waals surface area (Å²) in [4.78, 5) is 14.5. The molecule has 1 aromatic heterocycles. The molecule has 0 amide bonds. The van der Waals surface area contributed by atoms with Crippen LogP contribution in [0.25, 0.3) is 0 Å². The summed E-state index contributed by atoms with van der Waals surface area (Å²) in [5, 5.41) is 3.34. The van der Waals surface area contributed by atoms with Crippen molar-refractivity contribution in [1.29, 1.82) is 0 Å². The lowest BCUT2D eigenvalue weighted by Crippen LogP contribution is -2.17. The SMILES string of the molecule is CC(C)C(=O)n1cnc(C(F)F)n1. The number of hydrogen-bond donors (Lipinski definition) is 0. The van der Waals surface area contributed by atoms with Crippen molar-refractivity contribution in [3.05, 3.63) is 12.2 Å². The number of halogens is 2. The van der Waals surface area contributed by atoms with Crippen LogP contribution in [0, 0.1) is 5.92 Å². The second kappa shape index (κ2) is 3.59. The molecular weight excluding hydrogens is 180 g/mol. The summed E-state index contributed by atoms with van der Waals surface area (Å²) in [6, 6.07) is 0. The Balaban J connectivity index is 2.86. The fourth-order valence-electron chi connectivity index (χ4n) is 0.747. The zero-order valence-electron chi connectivity index (χ0n) is 7.24. The van der Waals surface area contributed by atoms with E-state index >= 15 is 0 Å². The van der Waals surface area contributed by atoms with Crippen molar-refractivity contribution in [2.75, 3.05) is 0 Å². The number of alkyl halides is 2. The van der Waals surface area contributed by atoms with E-state index < -0.39 is 12.2 Å². The van der Waals surface area contributed by atoms with Crippen LogP contribution in [-0.2, 0) is 0 Å². The van der Waals surface area contributed by atoms with E-state index in [1.165, 1.54) is 0 Å². The molecule has 0 atom stereocenters. The largest absolute Gasteiger partial charge is 0.299 e. The van der Waals surface area contributed by atoms with Gasteiger partial charge in [0.05, 0.1) is 0 Å². The molecule has 1 rings (SSSR count). The van der Waals surface area contributed by atoms with Crippen LogP contribution in [0.5, 0.6) is 0 Å². The molecule has 4 nitrogen and oxygen atoms in total. The van der Waals surface area contributed by atoms with Gasteiger partial charge < -0.3 is 0 Å². The third-order valence-corrected chi connectivity index (χ3v) is 1.42. The third kappa shape index (κ3) is 2.07. The topological polar surface area (TPSA) is 47.8 Å². The summed E-state index contributed by atoms with van der Waals surface area (Å²) in [5.74, 6) is -1.25. The number of aromatic nitrogens is 3. The first-order valence-corrected chi connectivity index (χ1v) is 3.76. The third-order valence-electron chi connectivity index (χ3n) is 1.42. The Morgan fingerprint density at radius 2 is 2.15 bits per heavy atom. The first kappa shape index (κ1) is 9.76. The molecule has 0 fully saturated rings. The van der Waals surface area contributed by atoms with Gasteiger partial charge >= 0.3 is 0 Å². The predicted octanol–water partition coefficient (Wildman–Crippen LogP) is 1.51. The Morgan fingerprint density at radius 1 is 1.54 bits per heavy atom. The monoisotopic (exact) mass is 189 g/mol. The Kier molecular flexibility index (Phi) is 2.69. The minimum Gasteiger partial charge on any atom is -0.272 e. The van der Waals surface area contributed by atoms with Crippen molar-refractivity contribution < 1.29 is 13.6 Å². The van der Waals surface area contributed by atoms with Crippen LogP contribution >= 0.6 is 0 Å². The van der Waals surface area contributed by atoms with Crippen molar-refractivity contribution in [2.45, 2.75) is 20.3 Å². The Hall–Kier alpha value is -1.33. The van der Waals surface area contributed by atoms with Gasteiger partial charge in [0.15, 0.2) is 0 Å². The van der Waals surface area contributed by atoms with E-state index in [0.717, 1.165) is 11.0 Å². The summed E-state index contributed by atoms with van der Waals surface area (Å²) in [6.07, 6.45) is -1.73. The molecule has 1 heterocycles. The van der Waals surface area contributed by atoms with Gasteiger partial charge in [-0.3, -0.25) is 4.79 Å². The molecule has 0 spiro atoms. The molecule has 0 aliphatic rings. The highest BCUT2D eigenvalue weighted by Crippen LogP contribution is 2.12. The number of nitrogens with zero attached hydrogens (tertiary/aromatic N) is 3. The molecule has 0 aliphatic carbocycles. The standard InChI is InChI=1S/C7H9F2N3O/c1-4(2)7(13)12-3-10-6(11-12)5(8)9/h3-5H,1-2H3. The summed E-state index contributed by atoms with van der Waals surface area (Å²) in [6.45, 7) is 3.32. The highest BCUT2D eigenvalue weighted by atomic mass is 19.3. The molecule has 0 bridgehead atoms. The van der Waals surface area contributed by atoms with Crippen LogP contribution in [0.2, 0.25) is 0 Å². The van der Waals surface area contributed by atoms with Gasteiger partial charge in [0, 0.05) is 5.92 Å². The fraction of sp³-hybridized carbons (Fsp3) is 0.571. The molecule has 13 heavy (non-hydrogen) atoms. The molecule has 0 aromatic carbocycles. The average Bonchev–Trinajstić information content (AvgIpc) is 2.50. The summed E-state index contributed by atoms with van der Waals surface area (Å²) >= 11 is 0. The van der Waals surface area contributed by atoms with Gasteiger partial charge in [0.2, 0.25) is 5.82 Å². The smallest absolute Gasteiger partial charge is 0.272 e. The molecule has 0 radical (unpaired) electrons. The quantitative estimate of drug-likeness (QED) is 0.708. The first-order valence-electron chi connectivity index (χ1n) is 3.76. The summed E-state index contributed by atoms with van der Waals surface area (Å²) in [5.41, 5.74) is 0. The van der Waals surface area contributed by atoms with Crippen LogP contribution in [0.15, 0.2) is 6.33 Å². The predicted molar refractivity (Wildman–Crippen MR) is 40.4 cm³/mol. The maximum Gasteiger partial charge on any atom is 0.299 e. The minimum atomic E-state index is -2.73. The molecule has 6 heteroatoms. The van der Waals surface area contributed by atoms with Crippen LogP contribution in [0.4, 0.5) is 8.78 Å². The van der Waals surface area contributed by atoms with Gasteiger partial charge in [-0.25, -0.2) is 13.8 Å². The van der Waals surface area contributed by atoms with Crippen LogP contribution < -0.4 is 0 Å². The highest BCUT2D eigenvalue weighted by molar-refractivity contribution is 5.79. The number of carbonyl (C=O) groups excluding carboxylic acids is 1. The van der Waals surface area contributed by atoms with E-state index in [2.05, 4.69) is 10.1 Å². The van der Waals surface area contributed by atoms with Gasteiger partial charge in [0.1, 0.15) is 6.33 Å². The van der Waals surface area contributed by atoms with Crippen LogP contribution in [0.3, 0.4) is 0 Å². The van der Waals surface area contributed by atoms with Crippen molar-refractivity contribution in [2.24, 2.45) is 5.92 Å². The molecular formula is C7H9F2N3O. The van der Waals surface area contributed by atoms with E-state index in [-0.39, 0.29) is 11.8 Å². The molecule has 72 valence electrons. The van der Waals surface area contributed by atoms with Crippen molar-refractivity contribution in [3.63, 3.8) is 0 Å². The van der Waals surface area contributed by atoms with E-state index in [0.29, 0.717) is 0 Å². The van der Waals surface area contributed by atoms with Crippen LogP contribution in [-0.4, -0.2) is 20.7 Å². The van der Waals surface area contributed by atoms with Gasteiger partial charge in [-0.05, 0) is 0 Å². The fourth-order valence-corrected chi connectivity index (χ4v) is 0.747. The minimum absolute atomic E-state index is 0.285. The van der Waals surface area contributed by atoms with Crippen LogP contribution in [0.1, 0.15) is 30.9 Å². The molecule has 0 N–H and O–H groups in total. The Morgan fingerprint density at radius 3 is 2.54 bits per heavy atom. The Bertz CT molecular complexity index is 308. The van der Waals surface area contributed by atoms with Gasteiger partial charge in [-0.15, -0.1) is 5.10 Å². The second-order valence-electron chi connectivity index (χ2n) is 2.84. The molecule has 0 saturated heterocycles. The van der Waals surface area contributed by atoms with Gasteiger partial charge in [-0.2, -0.15) is 4.68 Å². The lowest BCUT2D eigenvalue weighted by atomic mass is 10.2. The molecule has 0 saturated carbocycles. The lowest BCUT2D eigenvalue weighted by Gasteiger charge is -2.00. The van der Waals surface area contributed by atoms with E-state index in [1.807, 2.05) is 0 Å². The molecule has 0 aliphatic heterocycles. The lowest BCUT2D eigenvalue weighted by molar-refractivity contribution is 0.0834. The zero-order chi connectivity index (χ0) is 10.0. The summed E-state index contributed by atoms with van der Waals surface area (Å²) in [7, 11) is 0. The van der Waals surface area contributed by atoms with Gasteiger partial charge in [0.25, 0.3) is 12.3 Å². The number of carbonyl (C=O) groups is 1. The first-order chi connectivity index (χ1) is 6.02. The van der Waals surface area contributed by atoms with Gasteiger partial charge in [-0.1, -0.05) is 13.8 Å². The van der Waals surface area contributed by atoms with E-state index in [1.54, 1.807) is 13.8 Å². The van der Waals surface area contributed by atoms with E-state index in [4.69, 9.17) is 0 Å². The second-order valence-corrected chi connectivity index (χ2v) is 2.84. The number of hydrogen-bond acceptors (Lipinski definition) is 3. The van der Waals surface area contributed by atoms with Crippen molar-refractivity contribution in [1.82, 2.24) is 14.8 Å². The average molecular weight is 189 g/mol. The number of rotatable bonds is 2. The normalized spacial score (nSPS) is 11.2. The Labute approximate surface area is 73.6 Å². The molecule has 0 unspecified atom stereocenters.